The fourth-order valence-corrected chi connectivity index (χ4v) is 4.93. The lowest BCUT2D eigenvalue weighted by Crippen LogP contribution is -2.27. The number of aromatic nitrogens is 5. The summed E-state index contributed by atoms with van der Waals surface area (Å²) in [7, 11) is 4.86. The molecule has 4 aromatic rings. The van der Waals surface area contributed by atoms with Crippen molar-refractivity contribution in [1.29, 1.82) is 0 Å². The summed E-state index contributed by atoms with van der Waals surface area (Å²) < 4.78 is 43.6. The molecule has 5 rings (SSSR count). The van der Waals surface area contributed by atoms with Crippen LogP contribution in [0, 0.1) is 18.6 Å². The van der Waals surface area contributed by atoms with Crippen LogP contribution in [-0.4, -0.2) is 63.4 Å². The van der Waals surface area contributed by atoms with E-state index in [1.54, 1.807) is 30.1 Å². The maximum Gasteiger partial charge on any atom is 0.255 e. The van der Waals surface area contributed by atoms with E-state index in [0.29, 0.717) is 23.6 Å². The first-order valence-electron chi connectivity index (χ1n) is 12.8. The van der Waals surface area contributed by atoms with Gasteiger partial charge in [0.15, 0.2) is 11.6 Å². The van der Waals surface area contributed by atoms with Crippen LogP contribution < -0.4 is 10.1 Å². The van der Waals surface area contributed by atoms with Gasteiger partial charge in [0.25, 0.3) is 5.91 Å². The fourth-order valence-electron chi connectivity index (χ4n) is 4.93. The van der Waals surface area contributed by atoms with Crippen LogP contribution in [0.5, 0.6) is 5.75 Å². The number of amides is 1. The minimum atomic E-state index is -0.609. The average molecular weight is 552 g/mol. The molecule has 0 bridgehead atoms. The van der Waals surface area contributed by atoms with E-state index in [-0.39, 0.29) is 42.4 Å². The van der Waals surface area contributed by atoms with Crippen LogP contribution in [0.1, 0.15) is 44.0 Å². The van der Waals surface area contributed by atoms with Gasteiger partial charge in [-0.15, -0.1) is 5.10 Å². The van der Waals surface area contributed by atoms with Crippen LogP contribution in [0.25, 0.3) is 5.69 Å². The van der Waals surface area contributed by atoms with Crippen molar-refractivity contribution in [3.8, 4) is 11.4 Å². The molecule has 3 heterocycles. The summed E-state index contributed by atoms with van der Waals surface area (Å²) in [5, 5.41) is 15.3. The van der Waals surface area contributed by atoms with E-state index in [1.807, 2.05) is 13.1 Å². The average Bonchev–Trinajstić information content (AvgIpc) is 3.54. The Morgan fingerprint density at radius 2 is 2.00 bits per heavy atom. The molecule has 1 amide bonds. The van der Waals surface area contributed by atoms with Crippen LogP contribution in [0.3, 0.4) is 0 Å². The molecule has 1 N–H and O–H groups in total. The Kier molecular flexibility index (Phi) is 7.90. The molecular formula is C28H31F2N7O3. The first kappa shape index (κ1) is 27.4. The Balaban J connectivity index is 1.38. The van der Waals surface area contributed by atoms with Crippen molar-refractivity contribution >= 4 is 5.91 Å². The Hall–Kier alpha value is -4.16. The van der Waals surface area contributed by atoms with Crippen LogP contribution in [0.2, 0.25) is 0 Å². The Labute approximate surface area is 230 Å². The van der Waals surface area contributed by atoms with Crippen LogP contribution in [0.15, 0.2) is 36.7 Å². The quantitative estimate of drug-likeness (QED) is 0.341. The second-order valence-electron chi connectivity index (χ2n) is 9.89. The number of benzene rings is 2. The molecule has 40 heavy (non-hydrogen) atoms. The maximum atomic E-state index is 15.3. The zero-order chi connectivity index (χ0) is 28.4. The molecule has 2 aromatic heterocycles. The zero-order valence-corrected chi connectivity index (χ0v) is 22.9. The number of carbonyl (C=O) groups excluding carboxylic acids is 1. The van der Waals surface area contributed by atoms with E-state index in [9.17, 15) is 9.18 Å². The molecule has 10 nitrogen and oxygen atoms in total. The van der Waals surface area contributed by atoms with Gasteiger partial charge in [0.1, 0.15) is 11.5 Å². The number of nitrogens with one attached hydrogen (secondary N) is 1. The molecule has 0 aliphatic carbocycles. The number of halogens is 2. The molecule has 0 fully saturated rings. The summed E-state index contributed by atoms with van der Waals surface area (Å²) in [6, 6.07) is 6.67. The van der Waals surface area contributed by atoms with Crippen LogP contribution in [-0.2, 0) is 37.4 Å². The first-order chi connectivity index (χ1) is 19.3. The van der Waals surface area contributed by atoms with Crippen molar-refractivity contribution < 1.29 is 23.0 Å². The highest BCUT2D eigenvalue weighted by Crippen LogP contribution is 2.27. The second kappa shape index (κ2) is 11.5. The molecule has 1 aliphatic heterocycles. The molecular weight excluding hydrogens is 520 g/mol. The predicted octanol–water partition coefficient (Wildman–Crippen LogP) is 3.17. The number of rotatable bonds is 9. The molecule has 0 spiro atoms. The van der Waals surface area contributed by atoms with Crippen molar-refractivity contribution in [2.24, 2.45) is 0 Å². The minimum absolute atomic E-state index is 0.0432. The second-order valence-corrected chi connectivity index (χ2v) is 9.89. The fraction of sp³-hybridized carbons (Fsp3) is 0.357. The topological polar surface area (TPSA) is 99.3 Å². The molecule has 210 valence electrons. The number of methoxy groups -OCH3 is 2. The van der Waals surface area contributed by atoms with Crippen molar-refractivity contribution in [3.63, 3.8) is 0 Å². The van der Waals surface area contributed by atoms with Gasteiger partial charge < -0.3 is 19.7 Å². The highest BCUT2D eigenvalue weighted by molar-refractivity contribution is 5.95. The minimum Gasteiger partial charge on any atom is -0.494 e. The number of fused-ring (bicyclic) bond motifs is 1. The lowest BCUT2D eigenvalue weighted by Gasteiger charge is -2.25. The van der Waals surface area contributed by atoms with Gasteiger partial charge in [-0.25, -0.2) is 13.5 Å². The van der Waals surface area contributed by atoms with E-state index in [1.165, 1.54) is 31.0 Å². The van der Waals surface area contributed by atoms with E-state index in [4.69, 9.17) is 9.47 Å². The Morgan fingerprint density at radius 3 is 2.73 bits per heavy atom. The predicted molar refractivity (Wildman–Crippen MR) is 142 cm³/mol. The van der Waals surface area contributed by atoms with Gasteiger partial charge >= 0.3 is 0 Å². The van der Waals surface area contributed by atoms with E-state index in [2.05, 4.69) is 25.6 Å². The highest BCUT2D eigenvalue weighted by Gasteiger charge is 2.22. The third-order valence-electron chi connectivity index (χ3n) is 6.93. The number of nitrogens with zero attached hydrogens (tertiary/aromatic N) is 6. The lowest BCUT2D eigenvalue weighted by molar-refractivity contribution is 0.0945. The molecule has 0 saturated carbocycles. The van der Waals surface area contributed by atoms with Gasteiger partial charge in [-0.1, -0.05) is 11.3 Å². The summed E-state index contributed by atoms with van der Waals surface area (Å²) in [6.07, 6.45) is 4.03. The van der Waals surface area contributed by atoms with Crippen LogP contribution in [0.4, 0.5) is 8.78 Å². The van der Waals surface area contributed by atoms with E-state index >= 15 is 4.39 Å². The number of hydrogen-bond donors (Lipinski definition) is 1. The number of aryl methyl sites for hydroxylation is 1. The number of hydrogen-bond acceptors (Lipinski definition) is 7. The zero-order valence-electron chi connectivity index (χ0n) is 22.9. The third kappa shape index (κ3) is 5.58. The normalized spacial score (nSPS) is 13.3. The number of likely N-dealkylation sites (N-methyl/N-ethyl adjacent to an activating group) is 1. The highest BCUT2D eigenvalue weighted by atomic mass is 19.1. The van der Waals surface area contributed by atoms with Gasteiger partial charge in [-0.3, -0.25) is 9.48 Å². The van der Waals surface area contributed by atoms with Crippen molar-refractivity contribution in [3.05, 3.63) is 87.5 Å². The van der Waals surface area contributed by atoms with Crippen molar-refractivity contribution in [1.82, 2.24) is 35.0 Å². The molecule has 2 aromatic carbocycles. The molecule has 0 unspecified atom stereocenters. The number of ether oxygens (including phenoxy) is 2. The van der Waals surface area contributed by atoms with Crippen molar-refractivity contribution in [2.75, 3.05) is 27.8 Å². The Morgan fingerprint density at radius 1 is 1.18 bits per heavy atom. The monoisotopic (exact) mass is 551 g/mol. The molecule has 0 radical (unpaired) electrons. The van der Waals surface area contributed by atoms with E-state index < -0.39 is 11.7 Å². The summed E-state index contributed by atoms with van der Waals surface area (Å²) >= 11 is 0. The van der Waals surface area contributed by atoms with Gasteiger partial charge in [0.05, 0.1) is 43.4 Å². The smallest absolute Gasteiger partial charge is 0.255 e. The summed E-state index contributed by atoms with van der Waals surface area (Å²) in [4.78, 5) is 15.4. The lowest BCUT2D eigenvalue weighted by atomic mass is 9.97. The largest absolute Gasteiger partial charge is 0.494 e. The summed E-state index contributed by atoms with van der Waals surface area (Å²) in [5.41, 5.74) is 4.44. The molecule has 12 heteroatoms. The van der Waals surface area contributed by atoms with Gasteiger partial charge in [-0.05, 0) is 49.7 Å². The molecule has 0 atom stereocenters. The standard InChI is InChI=1S/C28H31F2N7O3/c1-17-12-37(34-32-17)25-5-6-26(40-4)27(30)20(25)11-31-28(38)22-15-36(33-24(22)16-39-3)13-18-9-19-7-8-35(2)14-21(19)23(29)10-18/h5-6,9-10,12,15H,7-8,11,13-14,16H2,1-4H3,(H,31,38). The van der Waals surface area contributed by atoms with Crippen molar-refractivity contribution in [2.45, 2.75) is 39.6 Å². The summed E-state index contributed by atoms with van der Waals surface area (Å²) in [5.74, 6) is -1.26. The van der Waals surface area contributed by atoms with Gasteiger partial charge in [0, 0.05) is 44.1 Å². The molecule has 1 aliphatic rings. The van der Waals surface area contributed by atoms with E-state index in [0.717, 1.165) is 29.7 Å². The first-order valence-corrected chi connectivity index (χ1v) is 12.8. The third-order valence-corrected chi connectivity index (χ3v) is 6.93. The SMILES string of the molecule is COCc1nn(Cc2cc(F)c3c(c2)CCN(C)C3)cc1C(=O)NCc1c(-n2cc(C)nn2)ccc(OC)c1F. The number of carbonyl (C=O) groups is 1. The maximum absolute atomic E-state index is 15.3. The Bertz CT molecular complexity index is 1550. The van der Waals surface area contributed by atoms with Gasteiger partial charge in [-0.2, -0.15) is 5.10 Å². The van der Waals surface area contributed by atoms with Crippen LogP contribution >= 0.6 is 0 Å². The summed E-state index contributed by atoms with van der Waals surface area (Å²) in [6.45, 7) is 3.46. The molecule has 0 saturated heterocycles. The van der Waals surface area contributed by atoms with Gasteiger partial charge in [0.2, 0.25) is 0 Å².